The molecule has 0 saturated heterocycles. The molecule has 0 atom stereocenters. The Balaban J connectivity index is 1.37. The van der Waals surface area contributed by atoms with E-state index >= 15 is 0 Å². The van der Waals surface area contributed by atoms with Crippen molar-refractivity contribution in [2.45, 2.75) is 58.5 Å². The Morgan fingerprint density at radius 1 is 1.03 bits per heavy atom. The molecule has 0 aliphatic heterocycles. The molecular formula is C23H29N3O3. The number of carbonyl (C=O) groups excluding carboxylic acids is 1. The van der Waals surface area contributed by atoms with Gasteiger partial charge < -0.3 is 5.32 Å². The summed E-state index contributed by atoms with van der Waals surface area (Å²) >= 11 is 0. The molecule has 1 aromatic heterocycles. The number of hydrogen-bond donors (Lipinski definition) is 1. The molecule has 29 heavy (non-hydrogen) atoms. The van der Waals surface area contributed by atoms with Gasteiger partial charge in [0.25, 0.3) is 5.56 Å². The standard InChI is InChI=1S/C23H29N3O3/c1-2-25-21(28)18-5-3-4-6-19(18)26(22(25)29)13-20(27)24-14-23-10-15-7-16(11-23)9-17(8-15)12-23/h3-6,15-17H,2,7-14H2,1H3,(H,24,27). The smallest absolute Gasteiger partial charge is 0.331 e. The zero-order valence-corrected chi connectivity index (χ0v) is 17.0. The van der Waals surface area contributed by atoms with Crippen LogP contribution in [0.25, 0.3) is 10.9 Å². The van der Waals surface area contributed by atoms with Gasteiger partial charge in [-0.05, 0) is 80.8 Å². The minimum Gasteiger partial charge on any atom is -0.354 e. The van der Waals surface area contributed by atoms with Gasteiger partial charge in [0.05, 0.1) is 10.9 Å². The topological polar surface area (TPSA) is 73.1 Å². The molecule has 0 spiro atoms. The second-order valence-corrected chi connectivity index (χ2v) is 9.63. The number of benzene rings is 1. The molecule has 1 heterocycles. The fourth-order valence-corrected chi connectivity index (χ4v) is 6.79. The van der Waals surface area contributed by atoms with E-state index in [1.807, 2.05) is 0 Å². The van der Waals surface area contributed by atoms with Crippen LogP contribution in [0.1, 0.15) is 45.4 Å². The third kappa shape index (κ3) is 3.13. The Bertz CT molecular complexity index is 1050. The van der Waals surface area contributed by atoms with Gasteiger partial charge in [0.1, 0.15) is 6.54 Å². The molecular weight excluding hydrogens is 366 g/mol. The van der Waals surface area contributed by atoms with Crippen molar-refractivity contribution >= 4 is 16.8 Å². The van der Waals surface area contributed by atoms with Crippen LogP contribution in [0.5, 0.6) is 0 Å². The molecule has 4 fully saturated rings. The number of fused-ring (bicyclic) bond motifs is 1. The van der Waals surface area contributed by atoms with E-state index < -0.39 is 5.69 Å². The molecule has 6 nitrogen and oxygen atoms in total. The maximum absolute atomic E-state index is 12.8. The highest BCUT2D eigenvalue weighted by Crippen LogP contribution is 2.59. The fraction of sp³-hybridized carbons (Fsp3) is 0.609. The van der Waals surface area contributed by atoms with E-state index in [-0.39, 0.29) is 30.0 Å². The molecule has 4 saturated carbocycles. The van der Waals surface area contributed by atoms with E-state index in [0.29, 0.717) is 10.9 Å². The van der Waals surface area contributed by atoms with Gasteiger partial charge >= 0.3 is 5.69 Å². The van der Waals surface area contributed by atoms with Gasteiger partial charge in [0, 0.05) is 13.1 Å². The SMILES string of the molecule is CCn1c(=O)c2ccccc2n(CC(=O)NCC23CC4CC(CC(C4)C2)C3)c1=O. The van der Waals surface area contributed by atoms with E-state index in [2.05, 4.69) is 5.32 Å². The van der Waals surface area contributed by atoms with Gasteiger partial charge in [0.15, 0.2) is 0 Å². The van der Waals surface area contributed by atoms with Crippen LogP contribution in [0.3, 0.4) is 0 Å². The van der Waals surface area contributed by atoms with Crippen molar-refractivity contribution in [3.05, 3.63) is 45.1 Å². The van der Waals surface area contributed by atoms with Crippen LogP contribution < -0.4 is 16.6 Å². The quantitative estimate of drug-likeness (QED) is 0.845. The van der Waals surface area contributed by atoms with Crippen molar-refractivity contribution in [1.29, 1.82) is 0 Å². The third-order valence-corrected chi connectivity index (χ3v) is 7.58. The van der Waals surface area contributed by atoms with E-state index in [1.54, 1.807) is 31.2 Å². The lowest BCUT2D eigenvalue weighted by Gasteiger charge is -2.56. The van der Waals surface area contributed by atoms with Crippen LogP contribution in [-0.4, -0.2) is 21.6 Å². The van der Waals surface area contributed by atoms with Crippen LogP contribution in [-0.2, 0) is 17.9 Å². The number of aromatic nitrogens is 2. The number of nitrogens with zero attached hydrogens (tertiary/aromatic N) is 2. The first-order chi connectivity index (χ1) is 14.0. The summed E-state index contributed by atoms with van der Waals surface area (Å²) in [6, 6.07) is 7.03. The average Bonchev–Trinajstić information content (AvgIpc) is 2.69. The number of hydrogen-bond acceptors (Lipinski definition) is 3. The second kappa shape index (κ2) is 6.85. The first kappa shape index (κ1) is 18.6. The second-order valence-electron chi connectivity index (χ2n) is 9.63. The van der Waals surface area contributed by atoms with E-state index in [9.17, 15) is 14.4 Å². The Kier molecular flexibility index (Phi) is 4.41. The molecule has 1 N–H and O–H groups in total. The summed E-state index contributed by atoms with van der Waals surface area (Å²) in [6.45, 7) is 2.73. The lowest BCUT2D eigenvalue weighted by molar-refractivity contribution is -0.123. The highest BCUT2D eigenvalue weighted by atomic mass is 16.2. The lowest BCUT2D eigenvalue weighted by atomic mass is 9.49. The predicted octanol–water partition coefficient (Wildman–Crippen LogP) is 2.52. The van der Waals surface area contributed by atoms with Crippen LogP contribution >= 0.6 is 0 Å². The van der Waals surface area contributed by atoms with Gasteiger partial charge in [-0.3, -0.25) is 18.7 Å². The predicted molar refractivity (Wildman–Crippen MR) is 112 cm³/mol. The minimum atomic E-state index is -0.416. The van der Waals surface area contributed by atoms with Gasteiger partial charge in [-0.2, -0.15) is 0 Å². The lowest BCUT2D eigenvalue weighted by Crippen LogP contribution is -2.51. The van der Waals surface area contributed by atoms with E-state index in [4.69, 9.17) is 0 Å². The summed E-state index contributed by atoms with van der Waals surface area (Å²) in [5.74, 6) is 2.39. The Morgan fingerprint density at radius 3 is 2.28 bits per heavy atom. The summed E-state index contributed by atoms with van der Waals surface area (Å²) in [5, 5.41) is 3.62. The molecule has 1 amide bonds. The molecule has 1 aromatic carbocycles. The molecule has 4 bridgehead atoms. The largest absolute Gasteiger partial charge is 0.354 e. The Hall–Kier alpha value is -2.37. The van der Waals surface area contributed by atoms with Gasteiger partial charge in [-0.1, -0.05) is 12.1 Å². The van der Waals surface area contributed by atoms with Crippen molar-refractivity contribution in [2.24, 2.45) is 23.2 Å². The first-order valence-electron chi connectivity index (χ1n) is 11.0. The van der Waals surface area contributed by atoms with Crippen molar-refractivity contribution in [2.75, 3.05) is 6.54 Å². The highest BCUT2D eigenvalue weighted by Gasteiger charge is 2.50. The minimum absolute atomic E-state index is 0.0496. The van der Waals surface area contributed by atoms with Crippen LogP contribution in [0.4, 0.5) is 0 Å². The highest BCUT2D eigenvalue weighted by molar-refractivity contribution is 5.81. The number of nitrogens with one attached hydrogen (secondary N) is 1. The molecule has 0 unspecified atom stereocenters. The molecule has 2 aromatic rings. The molecule has 4 aliphatic carbocycles. The monoisotopic (exact) mass is 395 g/mol. The van der Waals surface area contributed by atoms with Crippen molar-refractivity contribution in [1.82, 2.24) is 14.5 Å². The fourth-order valence-electron chi connectivity index (χ4n) is 6.79. The Morgan fingerprint density at radius 2 is 1.66 bits per heavy atom. The van der Waals surface area contributed by atoms with Crippen molar-refractivity contribution in [3.8, 4) is 0 Å². The molecule has 4 aliphatic rings. The van der Waals surface area contributed by atoms with Crippen LogP contribution in [0.2, 0.25) is 0 Å². The van der Waals surface area contributed by atoms with Gasteiger partial charge in [-0.25, -0.2) is 4.79 Å². The summed E-state index contributed by atoms with van der Waals surface area (Å²) in [6.07, 6.45) is 7.86. The van der Waals surface area contributed by atoms with Gasteiger partial charge in [0.2, 0.25) is 5.91 Å². The van der Waals surface area contributed by atoms with Crippen LogP contribution in [0, 0.1) is 23.2 Å². The summed E-state index contributed by atoms with van der Waals surface area (Å²) < 4.78 is 2.64. The van der Waals surface area contributed by atoms with Gasteiger partial charge in [-0.15, -0.1) is 0 Å². The third-order valence-electron chi connectivity index (χ3n) is 7.58. The molecule has 154 valence electrons. The number of carbonyl (C=O) groups is 1. The number of rotatable bonds is 5. The normalized spacial score (nSPS) is 30.0. The summed E-state index contributed by atoms with van der Waals surface area (Å²) in [7, 11) is 0. The maximum Gasteiger partial charge on any atom is 0.331 e. The van der Waals surface area contributed by atoms with E-state index in [1.165, 1.54) is 47.7 Å². The first-order valence-corrected chi connectivity index (χ1v) is 11.0. The summed E-state index contributed by atoms with van der Waals surface area (Å²) in [4.78, 5) is 38.2. The maximum atomic E-state index is 12.8. The molecule has 0 radical (unpaired) electrons. The number of amides is 1. The summed E-state index contributed by atoms with van der Waals surface area (Å²) in [5.41, 5.74) is 0.0799. The molecule has 6 rings (SSSR count). The average molecular weight is 396 g/mol. The number of para-hydroxylation sites is 1. The molecule has 6 heteroatoms. The van der Waals surface area contributed by atoms with Crippen LogP contribution in [0.15, 0.2) is 33.9 Å². The van der Waals surface area contributed by atoms with Crippen molar-refractivity contribution < 1.29 is 4.79 Å². The Labute approximate surface area is 169 Å². The van der Waals surface area contributed by atoms with E-state index in [0.717, 1.165) is 24.3 Å². The zero-order valence-electron chi connectivity index (χ0n) is 17.0. The van der Waals surface area contributed by atoms with Crippen molar-refractivity contribution in [3.63, 3.8) is 0 Å². The zero-order chi connectivity index (χ0) is 20.2.